The van der Waals surface area contributed by atoms with Gasteiger partial charge in [-0.25, -0.2) is 0 Å². The van der Waals surface area contributed by atoms with Gasteiger partial charge >= 0.3 is 6.18 Å². The molecule has 1 aliphatic rings. The number of pyridine rings is 1. The van der Waals surface area contributed by atoms with Gasteiger partial charge in [0.1, 0.15) is 0 Å². The van der Waals surface area contributed by atoms with Crippen LogP contribution in [0.15, 0.2) is 72.0 Å². The topological polar surface area (TPSA) is 115 Å². The molecule has 1 saturated heterocycles. The Hall–Kier alpha value is -4.21. The summed E-state index contributed by atoms with van der Waals surface area (Å²) in [5.41, 5.74) is 11.5. The Morgan fingerprint density at radius 3 is 2.31 bits per heavy atom. The van der Waals surface area contributed by atoms with E-state index < -0.39 is 29.5 Å². The number of guanidine groups is 1. The molecule has 0 bridgehead atoms. The van der Waals surface area contributed by atoms with Crippen LogP contribution in [0.4, 0.5) is 13.2 Å². The van der Waals surface area contributed by atoms with E-state index in [0.717, 1.165) is 17.2 Å². The van der Waals surface area contributed by atoms with E-state index in [-0.39, 0.29) is 17.0 Å². The van der Waals surface area contributed by atoms with Gasteiger partial charge in [-0.15, -0.1) is 0 Å². The highest BCUT2D eigenvalue weighted by Gasteiger charge is 2.37. The number of rotatable bonds is 4. The maximum atomic E-state index is 13.8. The molecule has 0 spiro atoms. The molecule has 0 saturated carbocycles. The number of piperidine rings is 1. The van der Waals surface area contributed by atoms with Gasteiger partial charge in [-0.1, -0.05) is 24.3 Å². The van der Waals surface area contributed by atoms with Crippen molar-refractivity contribution in [2.75, 3.05) is 13.1 Å². The van der Waals surface area contributed by atoms with Gasteiger partial charge in [0.25, 0.3) is 11.8 Å². The lowest BCUT2D eigenvalue weighted by Crippen LogP contribution is -2.38. The summed E-state index contributed by atoms with van der Waals surface area (Å²) in [4.78, 5) is 34.2. The second kappa shape index (κ2) is 10.2. The molecule has 36 heavy (non-hydrogen) atoms. The molecule has 0 aliphatic carbocycles. The second-order valence-corrected chi connectivity index (χ2v) is 8.53. The average Bonchev–Trinajstić information content (AvgIpc) is 2.88. The van der Waals surface area contributed by atoms with Crippen molar-refractivity contribution >= 4 is 17.8 Å². The minimum absolute atomic E-state index is 0.0921. The third kappa shape index (κ3) is 5.54. The number of carbonyl (C=O) groups excluding carboxylic acids is 2. The van der Waals surface area contributed by atoms with Gasteiger partial charge in [-0.2, -0.15) is 18.2 Å². The maximum absolute atomic E-state index is 13.8. The number of benzene rings is 2. The first-order valence-electron chi connectivity index (χ1n) is 11.3. The highest BCUT2D eigenvalue weighted by atomic mass is 19.4. The minimum Gasteiger partial charge on any atom is -0.370 e. The number of alkyl halides is 3. The predicted molar refractivity (Wildman–Crippen MR) is 129 cm³/mol. The lowest BCUT2D eigenvalue weighted by molar-refractivity contribution is -0.138. The Kier molecular flexibility index (Phi) is 7.05. The lowest BCUT2D eigenvalue weighted by atomic mass is 9.85. The van der Waals surface area contributed by atoms with E-state index in [9.17, 15) is 22.8 Å². The summed E-state index contributed by atoms with van der Waals surface area (Å²) in [7, 11) is 0. The first-order chi connectivity index (χ1) is 17.1. The number of aliphatic imine (C=N–C) groups is 1. The van der Waals surface area contributed by atoms with Crippen molar-refractivity contribution in [1.29, 1.82) is 0 Å². The number of hydrogen-bond acceptors (Lipinski definition) is 3. The number of nitrogens with two attached hydrogens (primary N) is 2. The van der Waals surface area contributed by atoms with Gasteiger partial charge in [0.15, 0.2) is 5.96 Å². The third-order valence-electron chi connectivity index (χ3n) is 6.16. The van der Waals surface area contributed by atoms with Crippen molar-refractivity contribution in [2.24, 2.45) is 16.5 Å². The predicted octanol–water partition coefficient (Wildman–Crippen LogP) is 4.20. The van der Waals surface area contributed by atoms with Gasteiger partial charge in [0, 0.05) is 42.2 Å². The first-order valence-corrected chi connectivity index (χ1v) is 11.3. The molecule has 4 N–H and O–H groups in total. The first kappa shape index (κ1) is 24.9. The lowest BCUT2D eigenvalue weighted by Gasteiger charge is -2.33. The summed E-state index contributed by atoms with van der Waals surface area (Å²) >= 11 is 0. The molecule has 10 heteroatoms. The number of nitrogens with zero attached hydrogens (tertiary/aromatic N) is 3. The van der Waals surface area contributed by atoms with Gasteiger partial charge in [0.2, 0.25) is 0 Å². The molecule has 0 atom stereocenters. The summed E-state index contributed by atoms with van der Waals surface area (Å²) in [6, 6.07) is 14.3. The zero-order valence-corrected chi connectivity index (χ0v) is 19.2. The fourth-order valence-corrected chi connectivity index (χ4v) is 4.41. The van der Waals surface area contributed by atoms with Crippen LogP contribution in [0.5, 0.6) is 0 Å². The van der Waals surface area contributed by atoms with E-state index in [1.807, 2.05) is 18.2 Å². The van der Waals surface area contributed by atoms with Crippen LogP contribution in [0.25, 0.3) is 11.1 Å². The Morgan fingerprint density at radius 2 is 1.67 bits per heavy atom. The molecule has 0 radical (unpaired) electrons. The number of aromatic nitrogens is 1. The molecular weight excluding hydrogens is 471 g/mol. The molecule has 2 aromatic carbocycles. The smallest absolute Gasteiger partial charge is 0.370 e. The molecule has 186 valence electrons. The van der Waals surface area contributed by atoms with Gasteiger partial charge in [-0.3, -0.25) is 14.6 Å². The summed E-state index contributed by atoms with van der Waals surface area (Å²) in [6.45, 7) is 0.624. The zero-order valence-electron chi connectivity index (χ0n) is 19.2. The van der Waals surface area contributed by atoms with E-state index in [4.69, 9.17) is 11.5 Å². The normalized spacial score (nSPS) is 14.4. The Bertz CT molecular complexity index is 1300. The molecule has 1 fully saturated rings. The van der Waals surface area contributed by atoms with Crippen LogP contribution in [0, 0.1) is 0 Å². The van der Waals surface area contributed by atoms with Crippen molar-refractivity contribution in [3.63, 3.8) is 0 Å². The van der Waals surface area contributed by atoms with Crippen molar-refractivity contribution in [3.8, 4) is 11.1 Å². The van der Waals surface area contributed by atoms with Crippen molar-refractivity contribution < 1.29 is 22.8 Å². The van der Waals surface area contributed by atoms with Crippen molar-refractivity contribution in [2.45, 2.75) is 24.9 Å². The Labute approximate surface area is 205 Å². The quantitative estimate of drug-likeness (QED) is 0.416. The molecule has 0 unspecified atom stereocenters. The van der Waals surface area contributed by atoms with Gasteiger partial charge in [-0.05, 0) is 60.2 Å². The molecule has 1 aliphatic heterocycles. The zero-order chi connectivity index (χ0) is 25.9. The molecule has 2 amide bonds. The van der Waals surface area contributed by atoms with Crippen LogP contribution < -0.4 is 11.5 Å². The fourth-order valence-electron chi connectivity index (χ4n) is 4.41. The van der Waals surface area contributed by atoms with Crippen LogP contribution in [0.2, 0.25) is 0 Å². The monoisotopic (exact) mass is 495 g/mol. The number of amides is 2. The van der Waals surface area contributed by atoms with Gasteiger partial charge in [0.05, 0.1) is 5.56 Å². The van der Waals surface area contributed by atoms with Crippen molar-refractivity contribution in [3.05, 3.63) is 89.2 Å². The van der Waals surface area contributed by atoms with E-state index >= 15 is 0 Å². The standard InChI is InChI=1S/C26H24F3N5O2/c27-26(28,29)22-14-18(23(35)33-25(30)31)6-7-21(22)16-8-11-34(12-9-16)24(36)19-4-1-3-17(13-19)20-5-2-10-32-15-20/h1-7,10,13-16H,8-9,11-12H2,(H4,30,31,33,35). The Morgan fingerprint density at radius 1 is 0.944 bits per heavy atom. The van der Waals surface area contributed by atoms with Crippen LogP contribution in [-0.2, 0) is 6.18 Å². The number of carbonyl (C=O) groups is 2. The summed E-state index contributed by atoms with van der Waals surface area (Å²) in [5, 5.41) is 0. The van der Waals surface area contributed by atoms with E-state index in [1.54, 1.807) is 35.5 Å². The van der Waals surface area contributed by atoms with Crippen molar-refractivity contribution in [1.82, 2.24) is 9.88 Å². The molecular formula is C26H24F3N5O2. The van der Waals surface area contributed by atoms with Crippen LogP contribution in [0.1, 0.15) is 50.6 Å². The largest absolute Gasteiger partial charge is 0.416 e. The highest BCUT2D eigenvalue weighted by molar-refractivity contribution is 6.02. The molecule has 3 aromatic rings. The average molecular weight is 496 g/mol. The summed E-state index contributed by atoms with van der Waals surface area (Å²) < 4.78 is 41.5. The maximum Gasteiger partial charge on any atom is 0.416 e. The van der Waals surface area contributed by atoms with Crippen LogP contribution >= 0.6 is 0 Å². The summed E-state index contributed by atoms with van der Waals surface area (Å²) in [5.74, 6) is -2.06. The molecule has 4 rings (SSSR count). The highest BCUT2D eigenvalue weighted by Crippen LogP contribution is 2.39. The number of halogens is 3. The fraction of sp³-hybridized carbons (Fsp3) is 0.231. The van der Waals surface area contributed by atoms with E-state index in [0.29, 0.717) is 31.5 Å². The number of likely N-dealkylation sites (tertiary alicyclic amines) is 1. The summed E-state index contributed by atoms with van der Waals surface area (Å²) in [6.07, 6.45) is -0.564. The van der Waals surface area contributed by atoms with Crippen LogP contribution in [-0.4, -0.2) is 40.7 Å². The second-order valence-electron chi connectivity index (χ2n) is 8.53. The molecule has 7 nitrogen and oxygen atoms in total. The Balaban J connectivity index is 1.50. The molecule has 1 aromatic heterocycles. The van der Waals surface area contributed by atoms with Gasteiger partial charge < -0.3 is 16.4 Å². The SMILES string of the molecule is NC(N)=NC(=O)c1ccc(C2CCN(C(=O)c3cccc(-c4cccnc4)c3)CC2)c(C(F)(F)F)c1. The van der Waals surface area contributed by atoms with Crippen LogP contribution in [0.3, 0.4) is 0 Å². The van der Waals surface area contributed by atoms with E-state index in [2.05, 4.69) is 9.98 Å². The number of hydrogen-bond donors (Lipinski definition) is 2. The third-order valence-corrected chi connectivity index (χ3v) is 6.16. The van der Waals surface area contributed by atoms with E-state index in [1.165, 1.54) is 12.1 Å². The molecule has 2 heterocycles. The minimum atomic E-state index is -4.66.